The summed E-state index contributed by atoms with van der Waals surface area (Å²) in [5.41, 5.74) is 1.67. The maximum atomic E-state index is 12.7. The molecule has 6 heteroatoms. The van der Waals surface area contributed by atoms with E-state index < -0.39 is 0 Å². The summed E-state index contributed by atoms with van der Waals surface area (Å²) in [5, 5.41) is 3.04. The summed E-state index contributed by atoms with van der Waals surface area (Å²) in [7, 11) is 5.64. The summed E-state index contributed by atoms with van der Waals surface area (Å²) in [5.74, 6) is 1.36. The predicted octanol–water partition coefficient (Wildman–Crippen LogP) is 3.29. The van der Waals surface area contributed by atoms with Crippen molar-refractivity contribution in [1.82, 2.24) is 10.2 Å². The molecule has 156 valence electrons. The molecule has 0 spiro atoms. The lowest BCUT2D eigenvalue weighted by Gasteiger charge is -2.25. The van der Waals surface area contributed by atoms with Crippen molar-refractivity contribution in [3.8, 4) is 11.5 Å². The van der Waals surface area contributed by atoms with Gasteiger partial charge in [0.1, 0.15) is 18.1 Å². The largest absolute Gasteiger partial charge is 0.497 e. The average Bonchev–Trinajstić information content (AvgIpc) is 3.26. The lowest BCUT2D eigenvalue weighted by atomic mass is 10.1. The van der Waals surface area contributed by atoms with Crippen molar-refractivity contribution >= 4 is 5.91 Å². The molecule has 2 atom stereocenters. The minimum absolute atomic E-state index is 0.0352. The quantitative estimate of drug-likeness (QED) is 0.702. The highest BCUT2D eigenvalue weighted by atomic mass is 16.5. The lowest BCUT2D eigenvalue weighted by molar-refractivity contribution is 0.0679. The number of nitrogens with zero attached hydrogens (tertiary/aromatic N) is 1. The van der Waals surface area contributed by atoms with E-state index >= 15 is 0 Å². The van der Waals surface area contributed by atoms with E-state index in [0.29, 0.717) is 24.5 Å². The molecule has 6 nitrogen and oxygen atoms in total. The first-order valence-corrected chi connectivity index (χ1v) is 10.00. The number of carbonyl (C=O) groups is 1. The van der Waals surface area contributed by atoms with Crippen LogP contribution in [-0.4, -0.2) is 57.9 Å². The first-order valence-electron chi connectivity index (χ1n) is 10.00. The third-order valence-electron chi connectivity index (χ3n) is 5.11. The van der Waals surface area contributed by atoms with Gasteiger partial charge in [-0.25, -0.2) is 0 Å². The fraction of sp³-hybridized carbons (Fsp3) is 0.435. The van der Waals surface area contributed by atoms with Gasteiger partial charge in [-0.1, -0.05) is 18.2 Å². The molecule has 3 rings (SSSR count). The topological polar surface area (TPSA) is 60.0 Å². The highest BCUT2D eigenvalue weighted by Crippen LogP contribution is 2.22. The number of likely N-dealkylation sites (N-methyl/N-ethyl adjacent to an activating group) is 1. The first kappa shape index (κ1) is 21.1. The number of hydrogen-bond acceptors (Lipinski definition) is 5. The van der Waals surface area contributed by atoms with Crippen LogP contribution in [-0.2, 0) is 4.74 Å². The summed E-state index contributed by atoms with van der Waals surface area (Å²) in [6, 6.07) is 15.2. The molecule has 2 aromatic carbocycles. The van der Waals surface area contributed by atoms with Gasteiger partial charge in [-0.2, -0.15) is 0 Å². The number of ether oxygens (including phenoxy) is 3. The van der Waals surface area contributed by atoms with E-state index in [4.69, 9.17) is 14.2 Å². The van der Waals surface area contributed by atoms with Crippen LogP contribution < -0.4 is 14.8 Å². The molecular weight excluding hydrogens is 368 g/mol. The second-order valence-corrected chi connectivity index (χ2v) is 7.44. The number of nitrogens with one attached hydrogen (secondary N) is 1. The zero-order valence-corrected chi connectivity index (χ0v) is 17.4. The van der Waals surface area contributed by atoms with Gasteiger partial charge in [-0.05, 0) is 62.8 Å². The number of benzene rings is 2. The summed E-state index contributed by atoms with van der Waals surface area (Å²) in [4.78, 5) is 14.8. The van der Waals surface area contributed by atoms with Gasteiger partial charge < -0.3 is 24.4 Å². The van der Waals surface area contributed by atoms with Crippen molar-refractivity contribution in [2.45, 2.75) is 25.0 Å². The van der Waals surface area contributed by atoms with Crippen molar-refractivity contribution in [2.24, 2.45) is 0 Å². The van der Waals surface area contributed by atoms with Crippen LogP contribution in [0.3, 0.4) is 0 Å². The van der Waals surface area contributed by atoms with Crippen LogP contribution >= 0.6 is 0 Å². The standard InChI is InChI=1S/C23H30N2O4/c1-25(2)22(17-7-4-9-19(13-17)27-3)15-24-23(26)18-8-5-10-20(14-18)29-16-21-11-6-12-28-21/h4-5,7-10,13-14,21-22H,6,11-12,15-16H2,1-3H3,(H,24,26). The monoisotopic (exact) mass is 398 g/mol. The normalized spacial score (nSPS) is 17.2. The van der Waals surface area contributed by atoms with Crippen LogP contribution in [0, 0.1) is 0 Å². The number of amides is 1. The molecule has 1 heterocycles. The highest BCUT2D eigenvalue weighted by molar-refractivity contribution is 5.94. The molecular formula is C23H30N2O4. The first-order chi connectivity index (χ1) is 14.1. The Labute approximate surface area is 172 Å². The summed E-state index contributed by atoms with van der Waals surface area (Å²) in [6.07, 6.45) is 2.25. The van der Waals surface area contributed by atoms with E-state index in [9.17, 15) is 4.79 Å². The molecule has 1 aliphatic heterocycles. The molecule has 1 N–H and O–H groups in total. The van der Waals surface area contributed by atoms with Crippen LogP contribution in [0.15, 0.2) is 48.5 Å². The molecule has 0 aromatic heterocycles. The zero-order valence-electron chi connectivity index (χ0n) is 17.4. The summed E-state index contributed by atoms with van der Waals surface area (Å²) < 4.78 is 16.7. The van der Waals surface area contributed by atoms with E-state index in [0.717, 1.165) is 30.8 Å². The Bertz CT molecular complexity index is 803. The van der Waals surface area contributed by atoms with Crippen LogP contribution in [0.2, 0.25) is 0 Å². The van der Waals surface area contributed by atoms with Gasteiger partial charge in [-0.15, -0.1) is 0 Å². The Kier molecular flexibility index (Phi) is 7.49. The molecule has 2 unspecified atom stereocenters. The van der Waals surface area contributed by atoms with Crippen molar-refractivity contribution < 1.29 is 19.0 Å². The van der Waals surface area contributed by atoms with Gasteiger partial charge in [0.2, 0.25) is 0 Å². The molecule has 0 saturated carbocycles. The van der Waals surface area contributed by atoms with Crippen LogP contribution in [0.25, 0.3) is 0 Å². The Balaban J connectivity index is 1.60. The smallest absolute Gasteiger partial charge is 0.251 e. The average molecular weight is 399 g/mol. The SMILES string of the molecule is COc1cccc(C(CNC(=O)c2cccc(OCC3CCCO3)c2)N(C)C)c1. The molecule has 1 fully saturated rings. The molecule has 1 aliphatic rings. The second-order valence-electron chi connectivity index (χ2n) is 7.44. The Morgan fingerprint density at radius 3 is 2.72 bits per heavy atom. The fourth-order valence-electron chi connectivity index (χ4n) is 3.43. The maximum Gasteiger partial charge on any atom is 0.251 e. The second kappa shape index (κ2) is 10.3. The molecule has 2 aromatic rings. The van der Waals surface area contributed by atoms with Gasteiger partial charge >= 0.3 is 0 Å². The number of rotatable bonds is 9. The van der Waals surface area contributed by atoms with E-state index in [1.165, 1.54) is 0 Å². The van der Waals surface area contributed by atoms with Gasteiger partial charge in [0.25, 0.3) is 5.91 Å². The van der Waals surface area contributed by atoms with E-state index in [1.54, 1.807) is 19.2 Å². The minimum Gasteiger partial charge on any atom is -0.497 e. The van der Waals surface area contributed by atoms with Gasteiger partial charge in [0.05, 0.1) is 19.3 Å². The lowest BCUT2D eigenvalue weighted by Crippen LogP contribution is -2.34. The van der Waals surface area contributed by atoms with Crippen molar-refractivity contribution in [3.05, 3.63) is 59.7 Å². The van der Waals surface area contributed by atoms with E-state index in [1.807, 2.05) is 50.5 Å². The molecule has 29 heavy (non-hydrogen) atoms. The third-order valence-corrected chi connectivity index (χ3v) is 5.11. The number of hydrogen-bond donors (Lipinski definition) is 1. The molecule has 1 saturated heterocycles. The number of carbonyl (C=O) groups excluding carboxylic acids is 1. The Morgan fingerprint density at radius 1 is 1.21 bits per heavy atom. The van der Waals surface area contributed by atoms with Crippen molar-refractivity contribution in [3.63, 3.8) is 0 Å². The number of methoxy groups -OCH3 is 1. The Hall–Kier alpha value is -2.57. The predicted molar refractivity (Wildman–Crippen MR) is 113 cm³/mol. The molecule has 1 amide bonds. The van der Waals surface area contributed by atoms with Gasteiger partial charge in [-0.3, -0.25) is 4.79 Å². The molecule has 0 aliphatic carbocycles. The highest BCUT2D eigenvalue weighted by Gasteiger charge is 2.18. The van der Waals surface area contributed by atoms with Crippen LogP contribution in [0.5, 0.6) is 11.5 Å². The molecule has 0 radical (unpaired) electrons. The molecule has 0 bridgehead atoms. The summed E-state index contributed by atoms with van der Waals surface area (Å²) in [6.45, 7) is 1.81. The van der Waals surface area contributed by atoms with E-state index in [-0.39, 0.29) is 18.1 Å². The zero-order chi connectivity index (χ0) is 20.6. The van der Waals surface area contributed by atoms with Crippen LogP contribution in [0.4, 0.5) is 0 Å². The third kappa shape index (κ3) is 5.95. The van der Waals surface area contributed by atoms with E-state index in [2.05, 4.69) is 10.2 Å². The maximum absolute atomic E-state index is 12.7. The van der Waals surface area contributed by atoms with Crippen molar-refractivity contribution in [2.75, 3.05) is 41.0 Å². The van der Waals surface area contributed by atoms with Crippen molar-refractivity contribution in [1.29, 1.82) is 0 Å². The van der Waals surface area contributed by atoms with Gasteiger partial charge in [0, 0.05) is 18.7 Å². The fourth-order valence-corrected chi connectivity index (χ4v) is 3.43. The minimum atomic E-state index is -0.123. The Morgan fingerprint density at radius 2 is 2.00 bits per heavy atom. The summed E-state index contributed by atoms with van der Waals surface area (Å²) >= 11 is 0. The van der Waals surface area contributed by atoms with Gasteiger partial charge in [0.15, 0.2) is 0 Å². The van der Waals surface area contributed by atoms with Crippen LogP contribution in [0.1, 0.15) is 34.8 Å².